The average Bonchev–Trinajstić information content (AvgIpc) is 2.85. The van der Waals surface area contributed by atoms with Gasteiger partial charge in [0.05, 0.1) is 16.8 Å². The highest BCUT2D eigenvalue weighted by Gasteiger charge is 2.28. The second-order valence-corrected chi connectivity index (χ2v) is 9.77. The van der Waals surface area contributed by atoms with Gasteiger partial charge in [-0.15, -0.1) is 0 Å². The number of pyridine rings is 1. The third-order valence-corrected chi connectivity index (χ3v) is 7.32. The number of piperazine rings is 1. The van der Waals surface area contributed by atoms with Crippen LogP contribution in [0.2, 0.25) is 5.02 Å². The average molecular weight is 487 g/mol. The summed E-state index contributed by atoms with van der Waals surface area (Å²) in [7, 11) is -3.50. The molecule has 0 radical (unpaired) electrons. The van der Waals surface area contributed by atoms with E-state index in [1.54, 1.807) is 72.9 Å². The predicted molar refractivity (Wildman–Crippen MR) is 127 cm³/mol. The van der Waals surface area contributed by atoms with Crippen LogP contribution < -0.4 is 15.0 Å². The van der Waals surface area contributed by atoms with Gasteiger partial charge in [0, 0.05) is 31.2 Å². The van der Waals surface area contributed by atoms with Gasteiger partial charge in [0.1, 0.15) is 11.6 Å². The fourth-order valence-electron chi connectivity index (χ4n) is 3.42. The minimum atomic E-state index is -3.50. The van der Waals surface area contributed by atoms with Gasteiger partial charge in [-0.1, -0.05) is 29.8 Å². The number of aromatic nitrogens is 1. The van der Waals surface area contributed by atoms with Gasteiger partial charge in [0.25, 0.3) is 5.91 Å². The second kappa shape index (κ2) is 10.2. The molecule has 0 atom stereocenters. The van der Waals surface area contributed by atoms with Crippen molar-refractivity contribution in [3.05, 3.63) is 77.9 Å². The summed E-state index contributed by atoms with van der Waals surface area (Å²) in [5.41, 5.74) is 0.550. The molecule has 0 spiro atoms. The molecule has 2 heterocycles. The fourth-order valence-corrected chi connectivity index (χ4v) is 4.99. The summed E-state index contributed by atoms with van der Waals surface area (Å²) >= 11 is 5.83. The van der Waals surface area contributed by atoms with Crippen LogP contribution >= 0.6 is 11.6 Å². The van der Waals surface area contributed by atoms with Crippen LogP contribution in [-0.4, -0.2) is 56.4 Å². The van der Waals surface area contributed by atoms with E-state index in [4.69, 9.17) is 16.3 Å². The highest BCUT2D eigenvalue weighted by atomic mass is 35.5. The van der Waals surface area contributed by atoms with E-state index in [0.717, 1.165) is 5.82 Å². The van der Waals surface area contributed by atoms with Crippen LogP contribution in [0.3, 0.4) is 0 Å². The molecule has 1 aliphatic heterocycles. The molecule has 2 aromatic carbocycles. The number of hydrogen-bond acceptors (Lipinski definition) is 6. The van der Waals surface area contributed by atoms with E-state index in [1.165, 1.54) is 4.31 Å². The van der Waals surface area contributed by atoms with E-state index < -0.39 is 10.0 Å². The van der Waals surface area contributed by atoms with Crippen LogP contribution in [0.1, 0.15) is 0 Å². The van der Waals surface area contributed by atoms with E-state index in [9.17, 15) is 13.2 Å². The van der Waals surface area contributed by atoms with Gasteiger partial charge >= 0.3 is 0 Å². The lowest BCUT2D eigenvalue weighted by atomic mass is 10.3. The molecule has 1 saturated heterocycles. The smallest absolute Gasteiger partial charge is 0.262 e. The number of ether oxygens (including phenoxy) is 1. The van der Waals surface area contributed by atoms with Gasteiger partial charge in [-0.25, -0.2) is 13.4 Å². The molecule has 3 aromatic rings. The Morgan fingerprint density at radius 3 is 2.30 bits per heavy atom. The maximum Gasteiger partial charge on any atom is 0.262 e. The van der Waals surface area contributed by atoms with E-state index in [-0.39, 0.29) is 12.5 Å². The molecular formula is C23H23ClN4O4S. The molecule has 10 heteroatoms. The third-order valence-electron chi connectivity index (χ3n) is 5.16. The maximum atomic E-state index is 12.8. The number of sulfonamides is 1. The Bertz CT molecular complexity index is 1180. The molecule has 0 bridgehead atoms. The molecule has 1 amide bonds. The van der Waals surface area contributed by atoms with Crippen molar-refractivity contribution in [3.63, 3.8) is 0 Å². The number of carbonyl (C=O) groups excluding carboxylic acids is 1. The van der Waals surface area contributed by atoms with Crippen molar-refractivity contribution in [1.82, 2.24) is 9.29 Å². The molecule has 4 rings (SSSR count). The normalized spacial score (nSPS) is 14.6. The summed E-state index contributed by atoms with van der Waals surface area (Å²) < 4.78 is 32.5. The Hall–Kier alpha value is -3.14. The first-order chi connectivity index (χ1) is 15.9. The highest BCUT2D eigenvalue weighted by Crippen LogP contribution is 2.21. The van der Waals surface area contributed by atoms with Crippen LogP contribution in [0, 0.1) is 0 Å². The number of amides is 1. The van der Waals surface area contributed by atoms with E-state index in [1.807, 2.05) is 4.90 Å². The van der Waals surface area contributed by atoms with E-state index in [0.29, 0.717) is 47.5 Å². The van der Waals surface area contributed by atoms with Gasteiger partial charge in [-0.3, -0.25) is 4.79 Å². The number of nitrogens with one attached hydrogen (secondary N) is 1. The van der Waals surface area contributed by atoms with Crippen LogP contribution in [0.15, 0.2) is 77.8 Å². The number of rotatable bonds is 7. The number of hydrogen-bond donors (Lipinski definition) is 1. The first-order valence-electron chi connectivity index (χ1n) is 10.4. The first-order valence-corrected chi connectivity index (χ1v) is 12.2. The summed E-state index contributed by atoms with van der Waals surface area (Å²) in [4.78, 5) is 18.9. The Morgan fingerprint density at radius 1 is 0.970 bits per heavy atom. The summed E-state index contributed by atoms with van der Waals surface area (Å²) in [5, 5.41) is 3.33. The topological polar surface area (TPSA) is 91.8 Å². The Morgan fingerprint density at radius 2 is 1.67 bits per heavy atom. The van der Waals surface area contributed by atoms with Gasteiger partial charge in [0.2, 0.25) is 10.0 Å². The zero-order valence-corrected chi connectivity index (χ0v) is 19.3. The van der Waals surface area contributed by atoms with Crippen LogP contribution in [0.25, 0.3) is 0 Å². The molecule has 0 aliphatic carbocycles. The van der Waals surface area contributed by atoms with Crippen molar-refractivity contribution in [3.8, 4) is 5.75 Å². The molecule has 1 aromatic heterocycles. The van der Waals surface area contributed by atoms with E-state index in [2.05, 4.69) is 10.3 Å². The summed E-state index contributed by atoms with van der Waals surface area (Å²) in [6.45, 7) is 1.67. The Kier molecular flexibility index (Phi) is 7.12. The number of benzene rings is 2. The molecule has 0 saturated carbocycles. The minimum Gasteiger partial charge on any atom is -0.484 e. The van der Waals surface area contributed by atoms with Gasteiger partial charge in [0.15, 0.2) is 6.61 Å². The zero-order chi connectivity index (χ0) is 23.3. The maximum absolute atomic E-state index is 12.8. The number of nitrogens with zero attached hydrogens (tertiary/aromatic N) is 3. The molecular weight excluding hydrogens is 464 g/mol. The second-order valence-electron chi connectivity index (χ2n) is 7.40. The monoisotopic (exact) mass is 486 g/mol. The number of carbonyl (C=O) groups is 1. The minimum absolute atomic E-state index is 0.138. The first kappa shape index (κ1) is 23.0. The summed E-state index contributed by atoms with van der Waals surface area (Å²) in [5.74, 6) is 0.970. The molecule has 1 aliphatic rings. The van der Waals surface area contributed by atoms with Gasteiger partial charge < -0.3 is 15.0 Å². The Balaban J connectivity index is 1.28. The van der Waals surface area contributed by atoms with Gasteiger partial charge in [-0.2, -0.15) is 4.31 Å². The molecule has 1 fully saturated rings. The lowest BCUT2D eigenvalue weighted by Gasteiger charge is -2.34. The molecule has 0 unspecified atom stereocenters. The van der Waals surface area contributed by atoms with E-state index >= 15 is 0 Å². The SMILES string of the molecule is O=C(COc1ccc(Cl)cc1)Nc1ccc(N2CCN(S(=O)(=O)c3ccccc3)CC2)nc1. The summed E-state index contributed by atoms with van der Waals surface area (Å²) in [6, 6.07) is 18.8. The standard InChI is InChI=1S/C23H23ClN4O4S/c24-18-6-9-20(10-7-18)32-17-23(29)26-19-8-11-22(25-16-19)27-12-14-28(15-13-27)33(30,31)21-4-2-1-3-5-21/h1-11,16H,12-15,17H2,(H,26,29). The quantitative estimate of drug-likeness (QED) is 0.551. The van der Waals surface area contributed by atoms with Crippen molar-refractivity contribution < 1.29 is 17.9 Å². The Labute approximate surface area is 197 Å². The predicted octanol–water partition coefficient (Wildman–Crippen LogP) is 3.26. The fraction of sp³-hybridized carbons (Fsp3) is 0.217. The van der Waals surface area contributed by atoms with Crippen LogP contribution in [-0.2, 0) is 14.8 Å². The summed E-state index contributed by atoms with van der Waals surface area (Å²) in [6.07, 6.45) is 1.57. The molecule has 8 nitrogen and oxygen atoms in total. The lowest BCUT2D eigenvalue weighted by Crippen LogP contribution is -2.48. The largest absolute Gasteiger partial charge is 0.484 e. The van der Waals surface area contributed by atoms with Crippen molar-refractivity contribution in [2.75, 3.05) is 43.0 Å². The number of halogens is 1. The number of anilines is 2. The van der Waals surface area contributed by atoms with Crippen molar-refractivity contribution in [2.45, 2.75) is 4.90 Å². The zero-order valence-electron chi connectivity index (χ0n) is 17.7. The molecule has 33 heavy (non-hydrogen) atoms. The molecule has 1 N–H and O–H groups in total. The van der Waals surface area contributed by atoms with Crippen molar-refractivity contribution in [2.24, 2.45) is 0 Å². The van der Waals surface area contributed by atoms with Crippen LogP contribution in [0.5, 0.6) is 5.75 Å². The molecule has 172 valence electrons. The van der Waals surface area contributed by atoms with Crippen molar-refractivity contribution in [1.29, 1.82) is 0 Å². The highest BCUT2D eigenvalue weighted by molar-refractivity contribution is 7.89. The lowest BCUT2D eigenvalue weighted by molar-refractivity contribution is -0.118. The third kappa shape index (κ3) is 5.81. The van der Waals surface area contributed by atoms with Gasteiger partial charge in [-0.05, 0) is 48.5 Å². The van der Waals surface area contributed by atoms with Crippen molar-refractivity contribution >= 4 is 39.0 Å². The van der Waals surface area contributed by atoms with Crippen LogP contribution in [0.4, 0.5) is 11.5 Å².